The van der Waals surface area contributed by atoms with Crippen LogP contribution in [0.1, 0.15) is 41.5 Å². The fourth-order valence-electron chi connectivity index (χ4n) is 12.3. The van der Waals surface area contributed by atoms with Crippen molar-refractivity contribution in [3.63, 3.8) is 0 Å². The summed E-state index contributed by atoms with van der Waals surface area (Å²) in [4.78, 5) is 6.42. The van der Waals surface area contributed by atoms with Gasteiger partial charge in [0, 0.05) is 43.6 Å². The first kappa shape index (κ1) is 38.3. The molecule has 0 radical (unpaired) electrons. The summed E-state index contributed by atoms with van der Waals surface area (Å²) in [5.41, 5.74) is 21.4. The van der Waals surface area contributed by atoms with Crippen molar-refractivity contribution >= 4 is 54.8 Å². The molecule has 2 nitrogen and oxygen atoms in total. The molecule has 4 atom stereocenters. The fraction of sp³-hybridized carbons (Fsp3) is 0.0968. The molecule has 1 spiro atoms. The molecule has 0 saturated heterocycles. The van der Waals surface area contributed by atoms with E-state index in [1.165, 1.54) is 88.6 Å². The molecule has 310 valence electrons. The number of aromatic amines is 1. The molecular formula is C62H45BrN2. The van der Waals surface area contributed by atoms with Crippen LogP contribution in [-0.4, -0.2) is 4.98 Å². The summed E-state index contributed by atoms with van der Waals surface area (Å²) in [5.74, 6) is 1.07. The molecule has 1 aromatic heterocycles. The summed E-state index contributed by atoms with van der Waals surface area (Å²) in [7, 11) is 0. The second-order valence-corrected chi connectivity index (χ2v) is 19.1. The number of aromatic nitrogens is 1. The molecule has 3 heteroatoms. The molecule has 0 amide bonds. The van der Waals surface area contributed by atoms with Gasteiger partial charge in [-0.25, -0.2) is 0 Å². The van der Waals surface area contributed by atoms with Crippen LogP contribution in [0.4, 0.5) is 17.1 Å². The van der Waals surface area contributed by atoms with Gasteiger partial charge in [0.25, 0.3) is 0 Å². The molecule has 1 heterocycles. The molecule has 0 aliphatic heterocycles. The number of nitrogens with one attached hydrogen (secondary N) is 1. The SMILES string of the molecule is CC1CC=CC2c3c(-c4ccc(N(c5ccc(-c6ccccc6)cc5)c5ccccc5-c5ccccc5)cc4)cccc3C3(c4ccccc4-c4ccc5c([nH]c6ccc(Br)cc65)c43)C12. The van der Waals surface area contributed by atoms with Crippen LogP contribution in [0, 0.1) is 11.8 Å². The Labute approximate surface area is 388 Å². The molecule has 1 N–H and O–H groups in total. The largest absolute Gasteiger partial charge is 0.354 e. The molecule has 65 heavy (non-hydrogen) atoms. The first-order valence-electron chi connectivity index (χ1n) is 22.9. The van der Waals surface area contributed by atoms with Crippen molar-refractivity contribution in [2.75, 3.05) is 4.90 Å². The number of halogens is 1. The van der Waals surface area contributed by atoms with Gasteiger partial charge in [-0.05, 0) is 128 Å². The Kier molecular flexibility index (Phi) is 8.80. The van der Waals surface area contributed by atoms with Gasteiger partial charge in [0.2, 0.25) is 0 Å². The van der Waals surface area contributed by atoms with E-state index in [-0.39, 0.29) is 11.3 Å². The molecule has 3 aliphatic carbocycles. The number of allylic oxidation sites excluding steroid dienone is 2. The Bertz CT molecular complexity index is 3490. The second kappa shape index (κ2) is 14.9. The van der Waals surface area contributed by atoms with E-state index >= 15 is 0 Å². The maximum Gasteiger partial charge on any atom is 0.0540 e. The number of para-hydroxylation sites is 1. The maximum absolute atomic E-state index is 4.00. The summed E-state index contributed by atoms with van der Waals surface area (Å²) in [5, 5.41) is 2.55. The number of fused-ring (bicyclic) bond motifs is 14. The van der Waals surface area contributed by atoms with Crippen LogP contribution in [0.15, 0.2) is 223 Å². The molecule has 3 aliphatic rings. The first-order valence-corrected chi connectivity index (χ1v) is 23.7. The quantitative estimate of drug-likeness (QED) is 0.165. The molecule has 0 saturated carbocycles. The molecule has 0 bridgehead atoms. The minimum Gasteiger partial charge on any atom is -0.354 e. The number of H-pyrrole nitrogens is 1. The maximum atomic E-state index is 4.00. The van der Waals surface area contributed by atoms with Crippen molar-refractivity contribution in [3.05, 3.63) is 245 Å². The number of hydrogen-bond acceptors (Lipinski definition) is 1. The lowest BCUT2D eigenvalue weighted by molar-refractivity contribution is 0.260. The van der Waals surface area contributed by atoms with Gasteiger partial charge >= 0.3 is 0 Å². The van der Waals surface area contributed by atoms with Gasteiger partial charge in [-0.3, -0.25) is 0 Å². The topological polar surface area (TPSA) is 19.0 Å². The molecule has 13 rings (SSSR count). The van der Waals surface area contributed by atoms with Gasteiger partial charge < -0.3 is 9.88 Å². The number of hydrogen-bond donors (Lipinski definition) is 1. The zero-order valence-electron chi connectivity index (χ0n) is 36.0. The lowest BCUT2D eigenvalue weighted by Crippen LogP contribution is -2.38. The van der Waals surface area contributed by atoms with Crippen molar-refractivity contribution < 1.29 is 0 Å². The van der Waals surface area contributed by atoms with Crippen molar-refractivity contribution in [2.45, 2.75) is 24.7 Å². The summed E-state index contributed by atoms with van der Waals surface area (Å²) >= 11 is 3.79. The molecule has 0 fully saturated rings. The Balaban J connectivity index is 0.993. The lowest BCUT2D eigenvalue weighted by Gasteiger charge is -2.41. The molecule has 4 unspecified atom stereocenters. The highest BCUT2D eigenvalue weighted by Gasteiger charge is 2.60. The summed E-state index contributed by atoms with van der Waals surface area (Å²) in [6.07, 6.45) is 6.09. The van der Waals surface area contributed by atoms with Gasteiger partial charge in [0.05, 0.1) is 16.6 Å². The van der Waals surface area contributed by atoms with Gasteiger partial charge in [0.15, 0.2) is 0 Å². The minimum absolute atomic E-state index is 0.259. The third kappa shape index (κ3) is 5.71. The predicted octanol–water partition coefficient (Wildman–Crippen LogP) is 17.2. The van der Waals surface area contributed by atoms with Crippen LogP contribution in [0.25, 0.3) is 66.3 Å². The van der Waals surface area contributed by atoms with E-state index in [0.717, 1.165) is 28.0 Å². The van der Waals surface area contributed by atoms with Crippen LogP contribution in [0.5, 0.6) is 0 Å². The standard InChI is InChI=1S/C62H45BrN2/c1-39-14-12-22-52-58-48(21-13-24-55(58)62(59(39)52)54-23-10-8-20-49(54)50-35-36-51-53-38-44(63)30-37-56(53)64-61(51)60(50)62)43-28-33-46(34-29-43)65(45-31-26-41(27-32-45)40-15-4-2-5-16-40)57-25-11-9-19-47(57)42-17-6-3-7-18-42/h2-13,15-39,52,59,64H,14H2,1H3. The van der Waals surface area contributed by atoms with Crippen LogP contribution >= 0.6 is 15.9 Å². The van der Waals surface area contributed by atoms with E-state index in [1.54, 1.807) is 0 Å². The van der Waals surface area contributed by atoms with E-state index in [2.05, 4.69) is 251 Å². The summed E-state index contributed by atoms with van der Waals surface area (Å²) in [6, 6.07) is 76.5. The molecule has 10 aromatic rings. The van der Waals surface area contributed by atoms with Crippen LogP contribution in [-0.2, 0) is 5.41 Å². The molecular weight excluding hydrogens is 853 g/mol. The van der Waals surface area contributed by atoms with Crippen molar-refractivity contribution in [1.82, 2.24) is 4.98 Å². The highest BCUT2D eigenvalue weighted by atomic mass is 79.9. The second-order valence-electron chi connectivity index (χ2n) is 18.2. The average molecular weight is 898 g/mol. The van der Waals surface area contributed by atoms with Gasteiger partial charge in [-0.1, -0.05) is 193 Å². The Morgan fingerprint density at radius 1 is 0.523 bits per heavy atom. The highest BCUT2D eigenvalue weighted by Crippen LogP contribution is 2.69. The van der Waals surface area contributed by atoms with Crippen molar-refractivity contribution in [3.8, 4) is 44.5 Å². The number of nitrogens with zero attached hydrogens (tertiary/aromatic N) is 1. The minimum atomic E-state index is -0.326. The van der Waals surface area contributed by atoms with Crippen LogP contribution in [0.2, 0.25) is 0 Å². The fourth-order valence-corrected chi connectivity index (χ4v) is 12.7. The zero-order chi connectivity index (χ0) is 43.2. The number of rotatable bonds is 6. The van der Waals surface area contributed by atoms with Crippen LogP contribution in [0.3, 0.4) is 0 Å². The smallest absolute Gasteiger partial charge is 0.0540 e. The van der Waals surface area contributed by atoms with E-state index in [1.807, 2.05) is 0 Å². The predicted molar refractivity (Wildman–Crippen MR) is 275 cm³/mol. The van der Waals surface area contributed by atoms with E-state index in [9.17, 15) is 0 Å². The normalized spacial score (nSPS) is 19.0. The zero-order valence-corrected chi connectivity index (χ0v) is 37.6. The lowest BCUT2D eigenvalue weighted by atomic mass is 9.60. The van der Waals surface area contributed by atoms with Gasteiger partial charge in [-0.2, -0.15) is 0 Å². The van der Waals surface area contributed by atoms with E-state index in [4.69, 9.17) is 0 Å². The number of benzene rings is 9. The monoisotopic (exact) mass is 896 g/mol. The first-order chi connectivity index (χ1) is 32.1. The van der Waals surface area contributed by atoms with Crippen LogP contribution < -0.4 is 4.90 Å². The summed E-state index contributed by atoms with van der Waals surface area (Å²) in [6.45, 7) is 2.50. The van der Waals surface area contributed by atoms with Gasteiger partial charge in [0.1, 0.15) is 0 Å². The Hall–Kier alpha value is -7.20. The van der Waals surface area contributed by atoms with Crippen molar-refractivity contribution in [1.29, 1.82) is 0 Å². The van der Waals surface area contributed by atoms with Gasteiger partial charge in [-0.15, -0.1) is 0 Å². The Morgan fingerprint density at radius 3 is 1.91 bits per heavy atom. The number of anilines is 3. The molecule has 9 aromatic carbocycles. The van der Waals surface area contributed by atoms with E-state index < -0.39 is 0 Å². The van der Waals surface area contributed by atoms with Crippen molar-refractivity contribution in [2.24, 2.45) is 11.8 Å². The average Bonchev–Trinajstić information content (AvgIpc) is 3.99. The third-order valence-corrected chi connectivity index (χ3v) is 15.4. The summed E-state index contributed by atoms with van der Waals surface area (Å²) < 4.78 is 1.10. The third-order valence-electron chi connectivity index (χ3n) is 14.9. The van der Waals surface area contributed by atoms with E-state index in [0.29, 0.717) is 11.8 Å². The highest BCUT2D eigenvalue weighted by molar-refractivity contribution is 9.10. The Morgan fingerprint density at radius 2 is 1.14 bits per heavy atom.